The largest absolute Gasteiger partial charge is 0.481 e. The lowest BCUT2D eigenvalue weighted by Crippen LogP contribution is -2.12. The number of hydrogen-bond donors (Lipinski definition) is 3. The molecule has 2 heterocycles. The summed E-state index contributed by atoms with van der Waals surface area (Å²) in [6.45, 7) is 4.09. The number of fused-ring (bicyclic) bond motifs is 2. The fourth-order valence-corrected chi connectivity index (χ4v) is 3.46. The van der Waals surface area contributed by atoms with Crippen LogP contribution in [0.25, 0.3) is 33.2 Å². The molecule has 0 saturated carbocycles. The van der Waals surface area contributed by atoms with E-state index in [0.717, 1.165) is 17.9 Å². The number of carboxylic acid groups (broad SMARTS) is 1. The van der Waals surface area contributed by atoms with Crippen LogP contribution in [0, 0.1) is 17.0 Å². The van der Waals surface area contributed by atoms with Crippen LogP contribution < -0.4 is 11.3 Å². The molecular formula is C22H23N5O5. The summed E-state index contributed by atoms with van der Waals surface area (Å²) in [5.41, 5.74) is 9.30. The van der Waals surface area contributed by atoms with Crippen LogP contribution >= 0.6 is 0 Å². The van der Waals surface area contributed by atoms with Gasteiger partial charge in [0, 0.05) is 42.7 Å². The second-order valence-electron chi connectivity index (χ2n) is 7.24. The SMILES string of the molecule is CC(=O)O.Cc1cccc2nc(-c3cn(CCCN)c4cc([N+](=O)[O-])ccc34)c(=O)[nH]c12. The van der Waals surface area contributed by atoms with Crippen LogP contribution in [-0.4, -0.2) is 37.1 Å². The van der Waals surface area contributed by atoms with Crippen molar-refractivity contribution < 1.29 is 14.8 Å². The van der Waals surface area contributed by atoms with Gasteiger partial charge in [-0.15, -0.1) is 0 Å². The maximum atomic E-state index is 12.8. The number of benzene rings is 2. The van der Waals surface area contributed by atoms with Crippen LogP contribution in [0.4, 0.5) is 5.69 Å². The van der Waals surface area contributed by atoms with Crippen LogP contribution in [0.2, 0.25) is 0 Å². The number of nitrogens with one attached hydrogen (secondary N) is 1. The second kappa shape index (κ2) is 9.40. The standard InChI is InChI=1S/C20H19N5O3.C2H4O2/c1-12-4-2-5-16-18(12)23-20(26)19(22-16)15-11-24(9-3-8-21)17-10-13(25(27)28)6-7-14(15)17;1-2(3)4/h2,4-7,10-11H,3,8-9,21H2,1H3,(H,23,26);1H3,(H,3,4). The molecule has 0 spiro atoms. The number of carboxylic acids is 1. The molecular weight excluding hydrogens is 414 g/mol. The number of nitro groups is 1. The van der Waals surface area contributed by atoms with E-state index >= 15 is 0 Å². The van der Waals surface area contributed by atoms with Crippen LogP contribution in [0.5, 0.6) is 0 Å². The van der Waals surface area contributed by atoms with Gasteiger partial charge in [-0.1, -0.05) is 12.1 Å². The van der Waals surface area contributed by atoms with Crippen molar-refractivity contribution in [2.24, 2.45) is 5.73 Å². The minimum absolute atomic E-state index is 0.00199. The molecule has 0 aliphatic carbocycles. The van der Waals surface area contributed by atoms with Gasteiger partial charge in [0.25, 0.3) is 17.2 Å². The van der Waals surface area contributed by atoms with E-state index in [9.17, 15) is 14.9 Å². The highest BCUT2D eigenvalue weighted by molar-refractivity contribution is 5.97. The van der Waals surface area contributed by atoms with Crippen molar-refractivity contribution in [2.75, 3.05) is 6.54 Å². The quantitative estimate of drug-likeness (QED) is 0.319. The Bertz CT molecular complexity index is 1370. The first kappa shape index (κ1) is 22.6. The summed E-state index contributed by atoms with van der Waals surface area (Å²) in [7, 11) is 0. The number of aromatic amines is 1. The zero-order valence-corrected chi connectivity index (χ0v) is 17.7. The molecule has 10 heteroatoms. The lowest BCUT2D eigenvalue weighted by atomic mass is 10.1. The van der Waals surface area contributed by atoms with E-state index in [0.29, 0.717) is 47.3 Å². The Hall–Kier alpha value is -4.05. The summed E-state index contributed by atoms with van der Waals surface area (Å²) < 4.78 is 1.89. The monoisotopic (exact) mass is 437 g/mol. The maximum Gasteiger partial charge on any atom is 0.300 e. The average Bonchev–Trinajstić information content (AvgIpc) is 3.10. The van der Waals surface area contributed by atoms with Gasteiger partial charge in [-0.3, -0.25) is 19.7 Å². The van der Waals surface area contributed by atoms with Gasteiger partial charge in [0.1, 0.15) is 5.69 Å². The van der Waals surface area contributed by atoms with Crippen molar-refractivity contribution in [1.29, 1.82) is 0 Å². The number of carbonyl (C=O) groups is 1. The lowest BCUT2D eigenvalue weighted by Gasteiger charge is -2.04. The van der Waals surface area contributed by atoms with Crippen molar-refractivity contribution in [3.8, 4) is 11.3 Å². The number of aromatic nitrogens is 3. The van der Waals surface area contributed by atoms with E-state index in [-0.39, 0.29) is 11.2 Å². The van der Waals surface area contributed by atoms with E-state index in [2.05, 4.69) is 9.97 Å². The summed E-state index contributed by atoms with van der Waals surface area (Å²) in [6.07, 6.45) is 2.54. The van der Waals surface area contributed by atoms with E-state index in [1.54, 1.807) is 6.07 Å². The fourth-order valence-electron chi connectivity index (χ4n) is 3.46. The molecule has 0 atom stereocenters. The van der Waals surface area contributed by atoms with Crippen molar-refractivity contribution in [1.82, 2.24) is 14.5 Å². The van der Waals surface area contributed by atoms with Crippen LogP contribution in [-0.2, 0) is 11.3 Å². The lowest BCUT2D eigenvalue weighted by molar-refractivity contribution is -0.384. The molecule has 0 amide bonds. The van der Waals surface area contributed by atoms with E-state index < -0.39 is 10.9 Å². The number of non-ortho nitro benzene ring substituents is 1. The number of rotatable bonds is 5. The highest BCUT2D eigenvalue weighted by Crippen LogP contribution is 2.31. The minimum atomic E-state index is -0.833. The van der Waals surface area contributed by atoms with Gasteiger partial charge in [0.15, 0.2) is 0 Å². The molecule has 2 aromatic heterocycles. The third kappa shape index (κ3) is 4.65. The molecule has 4 rings (SSSR count). The number of H-pyrrole nitrogens is 1. The molecule has 32 heavy (non-hydrogen) atoms. The van der Waals surface area contributed by atoms with E-state index in [4.69, 9.17) is 15.6 Å². The topological polar surface area (TPSA) is 157 Å². The maximum absolute atomic E-state index is 12.8. The van der Waals surface area contributed by atoms with Gasteiger partial charge in [-0.2, -0.15) is 0 Å². The Morgan fingerprint density at radius 2 is 2.03 bits per heavy atom. The Balaban J connectivity index is 0.000000668. The number of aliphatic carboxylic acids is 1. The molecule has 0 bridgehead atoms. The van der Waals surface area contributed by atoms with Gasteiger partial charge in [0.2, 0.25) is 0 Å². The van der Waals surface area contributed by atoms with Crippen LogP contribution in [0.15, 0.2) is 47.4 Å². The Kier molecular flexibility index (Phi) is 6.64. The molecule has 2 aromatic carbocycles. The molecule has 0 fully saturated rings. The van der Waals surface area contributed by atoms with Gasteiger partial charge in [0.05, 0.1) is 21.5 Å². The molecule has 0 unspecified atom stereocenters. The second-order valence-corrected chi connectivity index (χ2v) is 7.24. The first-order valence-electron chi connectivity index (χ1n) is 9.89. The van der Waals surface area contributed by atoms with Crippen LogP contribution in [0.1, 0.15) is 18.9 Å². The summed E-state index contributed by atoms with van der Waals surface area (Å²) in [6, 6.07) is 10.3. The van der Waals surface area contributed by atoms with Gasteiger partial charge >= 0.3 is 0 Å². The highest BCUT2D eigenvalue weighted by Gasteiger charge is 2.18. The number of hydrogen-bond acceptors (Lipinski definition) is 6. The predicted octanol–water partition coefficient (Wildman–Crippen LogP) is 3.20. The van der Waals surface area contributed by atoms with Gasteiger partial charge < -0.3 is 20.4 Å². The fraction of sp³-hybridized carbons (Fsp3) is 0.227. The van der Waals surface area contributed by atoms with Crippen molar-refractivity contribution in [2.45, 2.75) is 26.8 Å². The smallest absolute Gasteiger partial charge is 0.300 e. The molecule has 0 aliphatic heterocycles. The third-order valence-electron chi connectivity index (χ3n) is 4.87. The summed E-state index contributed by atoms with van der Waals surface area (Å²) in [5, 5.41) is 19.3. The van der Waals surface area contributed by atoms with Crippen molar-refractivity contribution in [3.05, 3.63) is 68.6 Å². The molecule has 0 radical (unpaired) electrons. The van der Waals surface area contributed by atoms with Gasteiger partial charge in [-0.25, -0.2) is 4.98 Å². The highest BCUT2D eigenvalue weighted by atomic mass is 16.6. The molecule has 4 N–H and O–H groups in total. The predicted molar refractivity (Wildman–Crippen MR) is 122 cm³/mol. The summed E-state index contributed by atoms with van der Waals surface area (Å²) in [5.74, 6) is -0.833. The third-order valence-corrected chi connectivity index (χ3v) is 4.87. The molecule has 4 aromatic rings. The Morgan fingerprint density at radius 3 is 2.69 bits per heavy atom. The zero-order valence-electron chi connectivity index (χ0n) is 17.7. The van der Waals surface area contributed by atoms with E-state index in [1.165, 1.54) is 12.1 Å². The number of nitro benzene ring substituents is 1. The number of nitrogens with two attached hydrogens (primary N) is 1. The number of aryl methyl sites for hydroxylation is 2. The minimum Gasteiger partial charge on any atom is -0.481 e. The normalized spacial score (nSPS) is 10.7. The Labute approximate surface area is 182 Å². The summed E-state index contributed by atoms with van der Waals surface area (Å²) in [4.78, 5) is 40.0. The zero-order chi connectivity index (χ0) is 23.4. The first-order chi connectivity index (χ1) is 15.2. The molecule has 10 nitrogen and oxygen atoms in total. The number of para-hydroxylation sites is 1. The first-order valence-corrected chi connectivity index (χ1v) is 9.89. The van der Waals surface area contributed by atoms with Crippen molar-refractivity contribution >= 4 is 33.6 Å². The molecule has 0 saturated heterocycles. The Morgan fingerprint density at radius 1 is 1.31 bits per heavy atom. The number of nitrogens with zero attached hydrogens (tertiary/aromatic N) is 3. The van der Waals surface area contributed by atoms with Crippen molar-refractivity contribution in [3.63, 3.8) is 0 Å². The average molecular weight is 437 g/mol. The molecule has 166 valence electrons. The van der Waals surface area contributed by atoms with E-state index in [1.807, 2.05) is 35.9 Å². The molecule has 0 aliphatic rings. The summed E-state index contributed by atoms with van der Waals surface area (Å²) >= 11 is 0. The van der Waals surface area contributed by atoms with Crippen LogP contribution in [0.3, 0.4) is 0 Å². The van der Waals surface area contributed by atoms with Gasteiger partial charge in [-0.05, 0) is 37.6 Å².